The summed E-state index contributed by atoms with van der Waals surface area (Å²) in [6.07, 6.45) is 5.50. The molecule has 1 atom stereocenters. The predicted molar refractivity (Wildman–Crippen MR) is 116 cm³/mol. The van der Waals surface area contributed by atoms with Crippen LogP contribution in [0.15, 0.2) is 77.4 Å². The number of hydrogen-bond donors (Lipinski definition) is 1. The third-order valence-corrected chi connectivity index (χ3v) is 5.55. The number of amides is 1. The Kier molecular flexibility index (Phi) is 5.18. The second-order valence-electron chi connectivity index (χ2n) is 7.31. The minimum atomic E-state index is -1.80. The molecule has 7 nitrogen and oxygen atoms in total. The first kappa shape index (κ1) is 20.8. The Balaban J connectivity index is 1.89. The molecule has 1 amide bonds. The van der Waals surface area contributed by atoms with Gasteiger partial charge in [-0.1, -0.05) is 54.5 Å². The van der Waals surface area contributed by atoms with Crippen LogP contribution in [-0.4, -0.2) is 18.4 Å². The average Bonchev–Trinajstić information content (AvgIpc) is 3.02. The van der Waals surface area contributed by atoms with E-state index in [2.05, 4.69) is 5.92 Å². The van der Waals surface area contributed by atoms with Crippen molar-refractivity contribution in [2.45, 2.75) is 18.9 Å². The van der Waals surface area contributed by atoms with Crippen molar-refractivity contribution in [3.8, 4) is 18.4 Å². The molecule has 2 aliphatic rings. The summed E-state index contributed by atoms with van der Waals surface area (Å²) in [6, 6.07) is 18.0. The fourth-order valence-corrected chi connectivity index (χ4v) is 4.26. The maximum atomic E-state index is 13.9. The SMILES string of the molecule is C#CCN1C(=O)[C@@]2(C(C#N)=C(N)OC(C)=C2C(=O)OCc2ccccc2)c2ccccc21. The van der Waals surface area contributed by atoms with Crippen LogP contribution in [0.5, 0.6) is 0 Å². The zero-order chi connectivity index (χ0) is 22.9. The molecule has 2 heterocycles. The Labute approximate surface area is 185 Å². The van der Waals surface area contributed by atoms with E-state index in [1.54, 1.807) is 24.3 Å². The molecule has 4 rings (SSSR count). The van der Waals surface area contributed by atoms with Crippen LogP contribution in [-0.2, 0) is 31.1 Å². The summed E-state index contributed by atoms with van der Waals surface area (Å²) >= 11 is 0. The highest BCUT2D eigenvalue weighted by atomic mass is 16.5. The van der Waals surface area contributed by atoms with Gasteiger partial charge in [0.1, 0.15) is 29.6 Å². The number of nitriles is 1. The fourth-order valence-electron chi connectivity index (χ4n) is 4.26. The number of carbonyl (C=O) groups is 2. The van der Waals surface area contributed by atoms with Crippen LogP contribution in [0.4, 0.5) is 5.69 Å². The highest BCUT2D eigenvalue weighted by molar-refractivity contribution is 6.18. The van der Waals surface area contributed by atoms with E-state index in [4.69, 9.17) is 21.6 Å². The first-order chi connectivity index (χ1) is 15.5. The standard InChI is InChI=1S/C25H19N3O4/c1-3-13-28-20-12-8-7-11-18(20)25(24(28)30)19(14-26)22(27)32-16(2)21(25)23(29)31-15-17-9-5-4-6-10-17/h1,4-12H,13,15,27H2,2H3/t25-/m1/s1. The predicted octanol–water partition coefficient (Wildman–Crippen LogP) is 2.65. The van der Waals surface area contributed by atoms with Crippen LogP contribution in [0.2, 0.25) is 0 Å². The van der Waals surface area contributed by atoms with Crippen molar-refractivity contribution in [1.29, 1.82) is 5.26 Å². The number of nitrogens with two attached hydrogens (primary N) is 1. The Morgan fingerprint density at radius 1 is 1.22 bits per heavy atom. The largest absolute Gasteiger partial charge is 0.457 e. The van der Waals surface area contributed by atoms with E-state index in [0.29, 0.717) is 11.3 Å². The molecule has 2 aromatic rings. The third kappa shape index (κ3) is 2.91. The topological polar surface area (TPSA) is 106 Å². The molecule has 7 heteroatoms. The summed E-state index contributed by atoms with van der Waals surface area (Å²) in [6.45, 7) is 1.46. The quantitative estimate of drug-likeness (QED) is 0.596. The van der Waals surface area contributed by atoms with Gasteiger partial charge in [0.25, 0.3) is 0 Å². The molecule has 2 aliphatic heterocycles. The molecule has 2 aromatic carbocycles. The van der Waals surface area contributed by atoms with Gasteiger partial charge in [0.2, 0.25) is 11.8 Å². The average molecular weight is 425 g/mol. The zero-order valence-electron chi connectivity index (χ0n) is 17.3. The van der Waals surface area contributed by atoms with E-state index in [0.717, 1.165) is 5.56 Å². The highest BCUT2D eigenvalue weighted by Gasteiger charge is 2.62. The lowest BCUT2D eigenvalue weighted by molar-refractivity contribution is -0.142. The van der Waals surface area contributed by atoms with Crippen LogP contribution >= 0.6 is 0 Å². The van der Waals surface area contributed by atoms with Crippen LogP contribution in [0.25, 0.3) is 0 Å². The molecule has 158 valence electrons. The first-order valence-electron chi connectivity index (χ1n) is 9.82. The van der Waals surface area contributed by atoms with E-state index in [9.17, 15) is 14.9 Å². The van der Waals surface area contributed by atoms with Crippen LogP contribution < -0.4 is 10.6 Å². The number of hydrogen-bond acceptors (Lipinski definition) is 6. The molecule has 0 unspecified atom stereocenters. The van der Waals surface area contributed by atoms with Gasteiger partial charge >= 0.3 is 5.97 Å². The number of esters is 1. The summed E-state index contributed by atoms with van der Waals surface area (Å²) < 4.78 is 11.1. The number of para-hydroxylation sites is 1. The molecule has 0 radical (unpaired) electrons. The molecule has 2 N–H and O–H groups in total. The fraction of sp³-hybridized carbons (Fsp3) is 0.160. The van der Waals surface area contributed by atoms with Gasteiger partial charge in [-0.3, -0.25) is 9.69 Å². The number of fused-ring (bicyclic) bond motifs is 2. The smallest absolute Gasteiger partial charge is 0.339 e. The highest BCUT2D eigenvalue weighted by Crippen LogP contribution is 2.54. The number of carbonyl (C=O) groups excluding carboxylic acids is 2. The summed E-state index contributed by atoms with van der Waals surface area (Å²) in [4.78, 5) is 28.6. The molecule has 32 heavy (non-hydrogen) atoms. The number of anilines is 1. The maximum absolute atomic E-state index is 13.9. The molecule has 0 aliphatic carbocycles. The summed E-state index contributed by atoms with van der Waals surface area (Å²) in [5.74, 6) is 0.977. The van der Waals surface area contributed by atoms with Gasteiger partial charge < -0.3 is 15.2 Å². The lowest BCUT2D eigenvalue weighted by atomic mass is 9.68. The van der Waals surface area contributed by atoms with E-state index >= 15 is 0 Å². The molecule has 1 spiro atoms. The monoisotopic (exact) mass is 425 g/mol. The minimum Gasteiger partial charge on any atom is -0.457 e. The van der Waals surface area contributed by atoms with Gasteiger partial charge in [-0.2, -0.15) is 5.26 Å². The van der Waals surface area contributed by atoms with Crippen molar-refractivity contribution in [3.63, 3.8) is 0 Å². The van der Waals surface area contributed by atoms with E-state index in [-0.39, 0.29) is 35.9 Å². The molecular weight excluding hydrogens is 406 g/mol. The van der Waals surface area contributed by atoms with Gasteiger partial charge in [0, 0.05) is 11.3 Å². The maximum Gasteiger partial charge on any atom is 0.339 e. The van der Waals surface area contributed by atoms with Crippen LogP contribution in [0.1, 0.15) is 18.1 Å². The summed E-state index contributed by atoms with van der Waals surface area (Å²) in [5.41, 5.74) is 5.67. The Hall–Kier alpha value is -4.49. The van der Waals surface area contributed by atoms with Gasteiger partial charge in [-0.15, -0.1) is 6.42 Å². The Bertz CT molecular complexity index is 1260. The van der Waals surface area contributed by atoms with Crippen molar-refractivity contribution < 1.29 is 19.1 Å². The Morgan fingerprint density at radius 3 is 2.59 bits per heavy atom. The number of terminal acetylenes is 1. The normalized spacial score (nSPS) is 19.3. The summed E-state index contributed by atoms with van der Waals surface area (Å²) in [7, 11) is 0. The van der Waals surface area contributed by atoms with Crippen molar-refractivity contribution in [3.05, 3.63) is 88.5 Å². The Morgan fingerprint density at radius 2 is 1.91 bits per heavy atom. The third-order valence-electron chi connectivity index (χ3n) is 5.55. The molecule has 0 aromatic heterocycles. The number of benzene rings is 2. The van der Waals surface area contributed by atoms with Crippen molar-refractivity contribution in [2.24, 2.45) is 5.73 Å². The lowest BCUT2D eigenvalue weighted by Gasteiger charge is -2.34. The minimum absolute atomic E-state index is 0.0163. The van der Waals surface area contributed by atoms with E-state index in [1.165, 1.54) is 11.8 Å². The number of allylic oxidation sites excluding steroid dienone is 1. The van der Waals surface area contributed by atoms with Gasteiger partial charge in [0.15, 0.2) is 5.41 Å². The molecule has 0 fully saturated rings. The number of rotatable bonds is 4. The summed E-state index contributed by atoms with van der Waals surface area (Å²) in [5, 5.41) is 9.99. The second-order valence-corrected chi connectivity index (χ2v) is 7.31. The van der Waals surface area contributed by atoms with Crippen molar-refractivity contribution >= 4 is 17.6 Å². The molecule has 0 saturated heterocycles. The number of ether oxygens (including phenoxy) is 2. The van der Waals surface area contributed by atoms with Crippen LogP contribution in [0.3, 0.4) is 0 Å². The van der Waals surface area contributed by atoms with E-state index in [1.807, 2.05) is 36.4 Å². The lowest BCUT2D eigenvalue weighted by Crippen LogP contribution is -2.48. The molecule has 0 bridgehead atoms. The van der Waals surface area contributed by atoms with Crippen LogP contribution in [0, 0.1) is 23.7 Å². The van der Waals surface area contributed by atoms with Crippen molar-refractivity contribution in [1.82, 2.24) is 0 Å². The second kappa shape index (κ2) is 7.98. The van der Waals surface area contributed by atoms with Gasteiger partial charge in [-0.05, 0) is 18.6 Å². The van der Waals surface area contributed by atoms with Gasteiger partial charge in [0.05, 0.1) is 6.54 Å². The molecule has 0 saturated carbocycles. The van der Waals surface area contributed by atoms with E-state index < -0.39 is 17.3 Å². The molecular formula is C25H19N3O4. The van der Waals surface area contributed by atoms with Crippen molar-refractivity contribution in [2.75, 3.05) is 11.4 Å². The number of nitrogens with zero attached hydrogens (tertiary/aromatic N) is 2. The first-order valence-corrected chi connectivity index (χ1v) is 9.82. The zero-order valence-corrected chi connectivity index (χ0v) is 17.3. The van der Waals surface area contributed by atoms with Gasteiger partial charge in [-0.25, -0.2) is 4.79 Å².